The highest BCUT2D eigenvalue weighted by molar-refractivity contribution is 5.82. The Morgan fingerprint density at radius 2 is 1.93 bits per heavy atom. The van der Waals surface area contributed by atoms with E-state index in [4.69, 9.17) is 0 Å². The normalized spacial score (nSPS) is 18.3. The summed E-state index contributed by atoms with van der Waals surface area (Å²) in [6, 6.07) is 16.9. The predicted molar refractivity (Wildman–Crippen MR) is 102 cm³/mol. The molecule has 1 N–H and O–H groups in total. The highest BCUT2D eigenvalue weighted by atomic mass is 19.1. The summed E-state index contributed by atoms with van der Waals surface area (Å²) in [6.45, 7) is 1.30. The van der Waals surface area contributed by atoms with Crippen LogP contribution < -0.4 is 5.32 Å². The lowest BCUT2D eigenvalue weighted by molar-refractivity contribution is -0.122. The largest absolute Gasteiger partial charge is 0.355 e. The number of carbonyl (C=O) groups excluding carboxylic acids is 1. The van der Waals surface area contributed by atoms with Crippen LogP contribution in [0.4, 0.5) is 4.39 Å². The molecular formula is C22H22FN3O. The lowest BCUT2D eigenvalue weighted by atomic mass is 10.1. The minimum Gasteiger partial charge on any atom is -0.355 e. The number of amides is 1. The summed E-state index contributed by atoms with van der Waals surface area (Å²) in [5, 5.41) is 2.98. The average Bonchev–Trinajstić information content (AvgIpc) is 3.37. The topological polar surface area (TPSA) is 46.9 Å². The van der Waals surface area contributed by atoms with E-state index in [0.717, 1.165) is 18.8 Å². The molecule has 0 bridgehead atoms. The van der Waals surface area contributed by atoms with Gasteiger partial charge in [-0.3, -0.25) is 4.79 Å². The molecule has 5 heteroatoms. The SMILES string of the molecule is O=C(NCCc1nccn1Cc1ccccc1)C1CC1c1ccccc1F. The number of benzene rings is 2. The van der Waals surface area contributed by atoms with Gasteiger partial charge in [0.25, 0.3) is 0 Å². The van der Waals surface area contributed by atoms with E-state index in [2.05, 4.69) is 27.0 Å². The summed E-state index contributed by atoms with van der Waals surface area (Å²) in [4.78, 5) is 16.7. The van der Waals surface area contributed by atoms with Crippen LogP contribution in [0.2, 0.25) is 0 Å². The van der Waals surface area contributed by atoms with Gasteiger partial charge in [0.1, 0.15) is 11.6 Å². The predicted octanol–water partition coefficient (Wildman–Crippen LogP) is 3.53. The number of hydrogen-bond donors (Lipinski definition) is 1. The Labute approximate surface area is 158 Å². The van der Waals surface area contributed by atoms with Gasteiger partial charge in [-0.2, -0.15) is 0 Å². The van der Waals surface area contributed by atoms with E-state index in [1.165, 1.54) is 11.6 Å². The van der Waals surface area contributed by atoms with E-state index < -0.39 is 0 Å². The van der Waals surface area contributed by atoms with Crippen LogP contribution in [0.5, 0.6) is 0 Å². The third kappa shape index (κ3) is 4.08. The molecule has 4 nitrogen and oxygen atoms in total. The summed E-state index contributed by atoms with van der Waals surface area (Å²) >= 11 is 0. The number of rotatable bonds is 7. The Balaban J connectivity index is 1.28. The summed E-state index contributed by atoms with van der Waals surface area (Å²) < 4.78 is 15.9. The maximum atomic E-state index is 13.8. The van der Waals surface area contributed by atoms with Gasteiger partial charge in [-0.15, -0.1) is 0 Å². The molecule has 27 heavy (non-hydrogen) atoms. The monoisotopic (exact) mass is 363 g/mol. The molecular weight excluding hydrogens is 341 g/mol. The minimum atomic E-state index is -0.222. The van der Waals surface area contributed by atoms with Gasteiger partial charge < -0.3 is 9.88 Å². The first-order valence-corrected chi connectivity index (χ1v) is 9.28. The molecule has 3 aromatic rings. The van der Waals surface area contributed by atoms with Crippen molar-refractivity contribution < 1.29 is 9.18 Å². The molecule has 1 aromatic heterocycles. The van der Waals surface area contributed by atoms with E-state index in [1.54, 1.807) is 18.3 Å². The lowest BCUT2D eigenvalue weighted by Crippen LogP contribution is -2.28. The van der Waals surface area contributed by atoms with E-state index >= 15 is 0 Å². The fourth-order valence-electron chi connectivity index (χ4n) is 3.53. The Kier molecular flexibility index (Phi) is 5.01. The van der Waals surface area contributed by atoms with Crippen LogP contribution in [0.15, 0.2) is 67.0 Å². The summed E-state index contributed by atoms with van der Waals surface area (Å²) in [7, 11) is 0. The zero-order valence-electron chi connectivity index (χ0n) is 15.0. The van der Waals surface area contributed by atoms with Gasteiger partial charge in [0.15, 0.2) is 0 Å². The number of hydrogen-bond acceptors (Lipinski definition) is 2. The first kappa shape index (κ1) is 17.5. The molecule has 2 atom stereocenters. The third-order valence-corrected chi connectivity index (χ3v) is 5.08. The van der Waals surface area contributed by atoms with Gasteiger partial charge in [-0.25, -0.2) is 9.37 Å². The zero-order valence-corrected chi connectivity index (χ0v) is 15.0. The Morgan fingerprint density at radius 3 is 2.74 bits per heavy atom. The fourth-order valence-corrected chi connectivity index (χ4v) is 3.53. The van der Waals surface area contributed by atoms with Crippen LogP contribution in [0.25, 0.3) is 0 Å². The molecule has 1 aliphatic carbocycles. The van der Waals surface area contributed by atoms with Crippen molar-refractivity contribution in [1.29, 1.82) is 0 Å². The van der Waals surface area contributed by atoms with Crippen molar-refractivity contribution in [3.8, 4) is 0 Å². The molecule has 4 rings (SSSR count). The molecule has 0 saturated heterocycles. The van der Waals surface area contributed by atoms with Crippen molar-refractivity contribution in [3.05, 3.63) is 89.8 Å². The van der Waals surface area contributed by atoms with Crippen LogP contribution in [-0.2, 0) is 17.8 Å². The lowest BCUT2D eigenvalue weighted by Gasteiger charge is -2.09. The van der Waals surface area contributed by atoms with E-state index in [9.17, 15) is 9.18 Å². The first-order chi connectivity index (χ1) is 13.2. The number of nitrogens with zero attached hydrogens (tertiary/aromatic N) is 2. The van der Waals surface area contributed by atoms with E-state index in [0.29, 0.717) is 18.5 Å². The quantitative estimate of drug-likeness (QED) is 0.698. The van der Waals surface area contributed by atoms with Gasteiger partial charge in [0, 0.05) is 37.8 Å². The number of carbonyl (C=O) groups is 1. The molecule has 138 valence electrons. The van der Waals surface area contributed by atoms with Crippen molar-refractivity contribution in [2.75, 3.05) is 6.54 Å². The Hall–Kier alpha value is -2.95. The molecule has 0 aliphatic heterocycles. The molecule has 1 amide bonds. The molecule has 1 fully saturated rings. The van der Waals surface area contributed by atoms with Crippen LogP contribution in [-0.4, -0.2) is 22.0 Å². The van der Waals surface area contributed by atoms with Gasteiger partial charge in [0.2, 0.25) is 5.91 Å². The van der Waals surface area contributed by atoms with Crippen LogP contribution in [0, 0.1) is 11.7 Å². The smallest absolute Gasteiger partial charge is 0.223 e. The van der Waals surface area contributed by atoms with Crippen molar-refractivity contribution in [2.45, 2.75) is 25.3 Å². The van der Waals surface area contributed by atoms with Crippen molar-refractivity contribution in [1.82, 2.24) is 14.9 Å². The number of nitrogens with one attached hydrogen (secondary N) is 1. The molecule has 2 unspecified atom stereocenters. The average molecular weight is 363 g/mol. The fraction of sp³-hybridized carbons (Fsp3) is 0.273. The minimum absolute atomic E-state index is 0.00409. The maximum Gasteiger partial charge on any atom is 0.223 e. The molecule has 1 heterocycles. The van der Waals surface area contributed by atoms with Crippen molar-refractivity contribution in [2.24, 2.45) is 5.92 Å². The van der Waals surface area contributed by atoms with E-state index in [-0.39, 0.29) is 23.6 Å². The molecule has 0 spiro atoms. The Bertz CT molecular complexity index is 922. The van der Waals surface area contributed by atoms with Crippen LogP contribution in [0.3, 0.4) is 0 Å². The third-order valence-electron chi connectivity index (χ3n) is 5.08. The first-order valence-electron chi connectivity index (χ1n) is 9.28. The summed E-state index contributed by atoms with van der Waals surface area (Å²) in [6.07, 6.45) is 5.13. The van der Waals surface area contributed by atoms with Gasteiger partial charge in [0.05, 0.1) is 0 Å². The van der Waals surface area contributed by atoms with Crippen LogP contribution in [0.1, 0.15) is 29.3 Å². The van der Waals surface area contributed by atoms with Crippen molar-refractivity contribution >= 4 is 5.91 Å². The number of aromatic nitrogens is 2. The molecule has 1 aliphatic rings. The summed E-state index contributed by atoms with van der Waals surface area (Å²) in [5.41, 5.74) is 1.86. The van der Waals surface area contributed by atoms with Gasteiger partial charge >= 0.3 is 0 Å². The zero-order chi connectivity index (χ0) is 18.6. The second-order valence-electron chi connectivity index (χ2n) is 6.97. The Morgan fingerprint density at radius 1 is 1.15 bits per heavy atom. The number of imidazole rings is 1. The highest BCUT2D eigenvalue weighted by Gasteiger charge is 2.44. The van der Waals surface area contributed by atoms with Gasteiger partial charge in [-0.1, -0.05) is 48.5 Å². The summed E-state index contributed by atoms with van der Waals surface area (Å²) in [5.74, 6) is 0.614. The number of halogens is 1. The standard InChI is InChI=1S/C22H22FN3O/c23-20-9-5-4-8-17(20)18-14-19(18)22(27)25-11-10-21-24-12-13-26(21)15-16-6-2-1-3-7-16/h1-9,12-13,18-19H,10-11,14-15H2,(H,25,27). The maximum absolute atomic E-state index is 13.8. The van der Waals surface area contributed by atoms with Crippen LogP contribution >= 0.6 is 0 Å². The van der Waals surface area contributed by atoms with E-state index in [1.807, 2.05) is 30.5 Å². The molecule has 2 aromatic carbocycles. The van der Waals surface area contributed by atoms with Crippen molar-refractivity contribution in [3.63, 3.8) is 0 Å². The second kappa shape index (κ2) is 7.74. The highest BCUT2D eigenvalue weighted by Crippen LogP contribution is 2.48. The second-order valence-corrected chi connectivity index (χ2v) is 6.97. The molecule has 1 saturated carbocycles. The molecule has 0 radical (unpaired) electrons. The van der Waals surface area contributed by atoms with Gasteiger partial charge in [-0.05, 0) is 29.5 Å².